The smallest absolute Gasteiger partial charge is 0.0144 e. The summed E-state index contributed by atoms with van der Waals surface area (Å²) in [5, 5.41) is 2.05. The number of nitrogens with one attached hydrogen (secondary N) is 1. The lowest BCUT2D eigenvalue weighted by Crippen LogP contribution is -2.45. The van der Waals surface area contributed by atoms with Crippen molar-refractivity contribution < 1.29 is 0 Å². The molecule has 3 N–H and O–H groups in total. The van der Waals surface area contributed by atoms with Crippen molar-refractivity contribution in [3.63, 3.8) is 0 Å². The highest BCUT2D eigenvalue weighted by Gasteiger charge is 2.05. The van der Waals surface area contributed by atoms with E-state index in [2.05, 4.69) is 5.53 Å². The van der Waals surface area contributed by atoms with Gasteiger partial charge >= 0.3 is 0 Å². The van der Waals surface area contributed by atoms with Crippen LogP contribution >= 0.6 is 24.8 Å². The molecule has 10 heavy (non-hydrogen) atoms. The van der Waals surface area contributed by atoms with E-state index in [1.807, 2.05) is 5.01 Å². The minimum absolute atomic E-state index is 0. The van der Waals surface area contributed by atoms with E-state index in [0.29, 0.717) is 0 Å². The Bertz CT molecular complexity index is 65.9. The summed E-state index contributed by atoms with van der Waals surface area (Å²) in [7, 11) is 0. The number of halogens is 2. The van der Waals surface area contributed by atoms with Gasteiger partial charge in [0.1, 0.15) is 0 Å². The fourth-order valence-electron chi connectivity index (χ4n) is 1.02. The molecule has 0 atom stereocenters. The summed E-state index contributed by atoms with van der Waals surface area (Å²) >= 11 is 0. The summed E-state index contributed by atoms with van der Waals surface area (Å²) in [6.45, 7) is 2.22. The summed E-state index contributed by atoms with van der Waals surface area (Å²) in [6.07, 6.45) is 3.92. The lowest BCUT2D eigenvalue weighted by atomic mass is 10.2. The monoisotopic (exact) mass is 187 g/mol. The van der Waals surface area contributed by atoms with Crippen LogP contribution in [0.25, 0.3) is 0 Å². The summed E-state index contributed by atoms with van der Waals surface area (Å²) in [4.78, 5) is 0. The number of rotatable bonds is 1. The molecule has 0 amide bonds. The highest BCUT2D eigenvalue weighted by molar-refractivity contribution is 5.85. The fourth-order valence-corrected chi connectivity index (χ4v) is 1.02. The topological polar surface area (TPSA) is 41.3 Å². The van der Waals surface area contributed by atoms with Crippen molar-refractivity contribution in [2.45, 2.75) is 19.3 Å². The molecule has 0 radical (unpaired) electrons. The van der Waals surface area contributed by atoms with Gasteiger partial charge in [-0.05, 0) is 12.8 Å². The second kappa shape index (κ2) is 7.57. The Morgan fingerprint density at radius 2 is 1.50 bits per heavy atom. The van der Waals surface area contributed by atoms with Crippen LogP contribution in [0.2, 0.25) is 0 Å². The predicted molar refractivity (Wildman–Crippen MR) is 47.2 cm³/mol. The van der Waals surface area contributed by atoms with Crippen LogP contribution in [0.15, 0.2) is 0 Å². The Labute approximate surface area is 74.1 Å². The Morgan fingerprint density at radius 1 is 1.00 bits per heavy atom. The summed E-state index contributed by atoms with van der Waals surface area (Å²) in [6, 6.07) is 0. The van der Waals surface area contributed by atoms with E-state index in [-0.39, 0.29) is 24.8 Å². The van der Waals surface area contributed by atoms with E-state index < -0.39 is 0 Å². The molecule has 0 spiro atoms. The zero-order valence-corrected chi connectivity index (χ0v) is 7.51. The summed E-state index contributed by atoms with van der Waals surface area (Å²) in [5.74, 6) is 5.18. The minimum Gasteiger partial charge on any atom is -0.258 e. The van der Waals surface area contributed by atoms with E-state index in [4.69, 9.17) is 5.84 Å². The first-order valence-corrected chi connectivity index (χ1v) is 3.14. The van der Waals surface area contributed by atoms with Crippen LogP contribution in [0.3, 0.4) is 0 Å². The Kier molecular flexibility index (Phi) is 9.90. The maximum atomic E-state index is 5.18. The number of piperidine rings is 1. The second-order valence-electron chi connectivity index (χ2n) is 2.18. The number of hydrazine groups is 2. The molecule has 1 saturated heterocycles. The van der Waals surface area contributed by atoms with Gasteiger partial charge in [0.25, 0.3) is 0 Å². The molecule has 0 aromatic rings. The molecular weight excluding hydrogens is 173 g/mol. The van der Waals surface area contributed by atoms with Gasteiger partial charge in [-0.1, -0.05) is 6.42 Å². The van der Waals surface area contributed by atoms with Gasteiger partial charge in [0.2, 0.25) is 0 Å². The molecule has 0 aliphatic carbocycles. The van der Waals surface area contributed by atoms with Crippen LogP contribution in [0.4, 0.5) is 0 Å². The molecule has 3 nitrogen and oxygen atoms in total. The maximum absolute atomic E-state index is 5.18. The third-order valence-corrected chi connectivity index (χ3v) is 1.54. The highest BCUT2D eigenvalue weighted by atomic mass is 35.5. The van der Waals surface area contributed by atoms with Gasteiger partial charge in [-0.25, -0.2) is 5.01 Å². The van der Waals surface area contributed by atoms with Crippen molar-refractivity contribution in [2.24, 2.45) is 5.84 Å². The molecule has 1 aliphatic heterocycles. The second-order valence-corrected chi connectivity index (χ2v) is 2.18. The molecule has 5 heteroatoms. The molecule has 0 bridgehead atoms. The fraction of sp³-hybridized carbons (Fsp3) is 1.00. The van der Waals surface area contributed by atoms with Gasteiger partial charge < -0.3 is 0 Å². The number of nitrogens with zero attached hydrogens (tertiary/aromatic N) is 1. The quantitative estimate of drug-likeness (QED) is 0.470. The van der Waals surface area contributed by atoms with E-state index in [1.54, 1.807) is 0 Å². The van der Waals surface area contributed by atoms with Gasteiger partial charge in [-0.3, -0.25) is 5.84 Å². The predicted octanol–water partition coefficient (Wildman–Crippen LogP) is 0.694. The zero-order chi connectivity index (χ0) is 5.82. The van der Waals surface area contributed by atoms with Crippen LogP contribution in [-0.2, 0) is 0 Å². The largest absolute Gasteiger partial charge is 0.258 e. The van der Waals surface area contributed by atoms with Gasteiger partial charge in [0, 0.05) is 13.1 Å². The number of hydrogen-bond donors (Lipinski definition) is 2. The van der Waals surface area contributed by atoms with Crippen molar-refractivity contribution in [3.8, 4) is 0 Å². The van der Waals surface area contributed by atoms with E-state index in [9.17, 15) is 0 Å². The first kappa shape index (κ1) is 13.1. The van der Waals surface area contributed by atoms with Gasteiger partial charge in [-0.2, -0.15) is 5.53 Å². The molecule has 0 unspecified atom stereocenters. The Morgan fingerprint density at radius 3 is 1.80 bits per heavy atom. The Balaban J connectivity index is 0. The average molecular weight is 188 g/mol. The third-order valence-electron chi connectivity index (χ3n) is 1.54. The molecule has 1 aliphatic rings. The number of hydrogen-bond acceptors (Lipinski definition) is 3. The molecule has 0 aromatic heterocycles. The normalized spacial score (nSPS) is 18.9. The van der Waals surface area contributed by atoms with Crippen molar-refractivity contribution in [3.05, 3.63) is 0 Å². The van der Waals surface area contributed by atoms with Crippen molar-refractivity contribution in [2.75, 3.05) is 13.1 Å². The summed E-state index contributed by atoms with van der Waals surface area (Å²) < 4.78 is 0. The standard InChI is InChI=1S/C5H13N3.2ClH/c6-7-8-4-2-1-3-5-8;;/h7H,1-6H2;2*1H. The van der Waals surface area contributed by atoms with Crippen molar-refractivity contribution in [1.82, 2.24) is 10.5 Å². The third kappa shape index (κ3) is 4.30. The van der Waals surface area contributed by atoms with Crippen LogP contribution < -0.4 is 11.4 Å². The highest BCUT2D eigenvalue weighted by Crippen LogP contribution is 2.04. The van der Waals surface area contributed by atoms with Gasteiger partial charge in [-0.15, -0.1) is 24.8 Å². The van der Waals surface area contributed by atoms with Crippen LogP contribution in [0.5, 0.6) is 0 Å². The lowest BCUT2D eigenvalue weighted by molar-refractivity contribution is 0.156. The molecule has 64 valence electrons. The van der Waals surface area contributed by atoms with E-state index in [1.165, 1.54) is 19.3 Å². The van der Waals surface area contributed by atoms with Crippen LogP contribution in [0, 0.1) is 0 Å². The van der Waals surface area contributed by atoms with Gasteiger partial charge in [0.15, 0.2) is 0 Å². The number of nitrogens with two attached hydrogens (primary N) is 1. The molecular formula is C5H15Cl2N3. The average Bonchev–Trinajstić information content (AvgIpc) is 1.90. The SMILES string of the molecule is Cl.Cl.NNN1CCCCC1. The van der Waals surface area contributed by atoms with Crippen LogP contribution in [0.1, 0.15) is 19.3 Å². The Hall–Kier alpha value is 0.460. The molecule has 1 fully saturated rings. The maximum Gasteiger partial charge on any atom is 0.0144 e. The first-order chi connectivity index (χ1) is 3.93. The molecule has 1 heterocycles. The van der Waals surface area contributed by atoms with Crippen molar-refractivity contribution in [1.29, 1.82) is 0 Å². The van der Waals surface area contributed by atoms with Gasteiger partial charge in [0.05, 0.1) is 0 Å². The van der Waals surface area contributed by atoms with Crippen LogP contribution in [-0.4, -0.2) is 18.1 Å². The molecule has 1 rings (SSSR count). The molecule has 0 aromatic carbocycles. The van der Waals surface area contributed by atoms with E-state index >= 15 is 0 Å². The zero-order valence-electron chi connectivity index (χ0n) is 5.88. The first-order valence-electron chi connectivity index (χ1n) is 3.14. The van der Waals surface area contributed by atoms with Crippen molar-refractivity contribution >= 4 is 24.8 Å². The van der Waals surface area contributed by atoms with E-state index in [0.717, 1.165) is 13.1 Å². The minimum atomic E-state index is 0. The lowest BCUT2D eigenvalue weighted by Gasteiger charge is -2.24. The molecule has 0 saturated carbocycles. The summed E-state index contributed by atoms with van der Waals surface area (Å²) in [5.41, 5.74) is 2.64.